The van der Waals surface area contributed by atoms with Crippen molar-refractivity contribution in [3.63, 3.8) is 0 Å². The molecule has 0 saturated carbocycles. The maximum atomic E-state index is 12.5. The zero-order valence-corrected chi connectivity index (χ0v) is 18.9. The van der Waals surface area contributed by atoms with Crippen molar-refractivity contribution in [2.75, 3.05) is 30.4 Å². The standard InChI is InChI=1S/C19H30N6O3S/c1-12-17(14(3)25(22-12)16-7-8-29(27,28)11-16)9-23(5)10-18(26)20-19-13(2)21-24(6)15(19)4/h16H,7-11H2,1-6H3,(H,20,26)/p+1/t16-/m0/s1. The lowest BCUT2D eigenvalue weighted by molar-refractivity contribution is -0.885. The molecule has 1 saturated heterocycles. The van der Waals surface area contributed by atoms with Crippen molar-refractivity contribution in [1.82, 2.24) is 19.6 Å². The molecular formula is C19H31N6O3S+. The highest BCUT2D eigenvalue weighted by atomic mass is 32.2. The highest BCUT2D eigenvalue weighted by Gasteiger charge is 2.32. The van der Waals surface area contributed by atoms with E-state index in [0.717, 1.165) is 38.9 Å². The first-order valence-corrected chi connectivity index (χ1v) is 11.7. The van der Waals surface area contributed by atoms with Gasteiger partial charge in [0.1, 0.15) is 6.54 Å². The molecule has 2 atom stereocenters. The fraction of sp³-hybridized carbons (Fsp3) is 0.632. The Balaban J connectivity index is 1.66. The van der Waals surface area contributed by atoms with Crippen molar-refractivity contribution in [2.45, 2.75) is 46.7 Å². The molecule has 1 aliphatic rings. The quantitative estimate of drug-likeness (QED) is 0.673. The van der Waals surface area contributed by atoms with E-state index in [0.29, 0.717) is 19.5 Å². The lowest BCUT2D eigenvalue weighted by Crippen LogP contribution is -3.08. The van der Waals surface area contributed by atoms with Crippen LogP contribution in [0.5, 0.6) is 0 Å². The normalized spacial score (nSPS) is 19.4. The SMILES string of the molecule is Cc1nn([C@H]2CCS(=O)(=O)C2)c(C)c1C[NH+](C)CC(=O)Nc1c(C)nn(C)c1C. The number of hydrogen-bond acceptors (Lipinski definition) is 5. The molecule has 2 N–H and O–H groups in total. The largest absolute Gasteiger partial charge is 0.326 e. The van der Waals surface area contributed by atoms with Gasteiger partial charge in [-0.3, -0.25) is 14.2 Å². The Labute approximate surface area is 172 Å². The van der Waals surface area contributed by atoms with Crippen LogP contribution in [0.25, 0.3) is 0 Å². The van der Waals surface area contributed by atoms with Crippen molar-refractivity contribution in [2.24, 2.45) is 7.05 Å². The Hall–Kier alpha value is -2.20. The first-order valence-electron chi connectivity index (χ1n) is 9.85. The first kappa shape index (κ1) is 21.5. The molecule has 10 heteroatoms. The van der Waals surface area contributed by atoms with Crippen molar-refractivity contribution >= 4 is 21.4 Å². The third-order valence-electron chi connectivity index (χ3n) is 5.74. The number of aromatic nitrogens is 4. The molecule has 1 amide bonds. The summed E-state index contributed by atoms with van der Waals surface area (Å²) in [5.41, 5.74) is 5.46. The molecule has 0 radical (unpaired) electrons. The van der Waals surface area contributed by atoms with Gasteiger partial charge in [-0.2, -0.15) is 10.2 Å². The van der Waals surface area contributed by atoms with Crippen molar-refractivity contribution in [3.8, 4) is 0 Å². The molecule has 1 unspecified atom stereocenters. The number of likely N-dealkylation sites (N-methyl/N-ethyl adjacent to an activating group) is 1. The summed E-state index contributed by atoms with van der Waals surface area (Å²) in [6.07, 6.45) is 0.610. The van der Waals surface area contributed by atoms with E-state index < -0.39 is 9.84 Å². The van der Waals surface area contributed by atoms with Crippen molar-refractivity contribution in [1.29, 1.82) is 0 Å². The second-order valence-electron chi connectivity index (χ2n) is 8.18. The van der Waals surface area contributed by atoms with E-state index in [-0.39, 0.29) is 23.5 Å². The lowest BCUT2D eigenvalue weighted by Gasteiger charge is -2.15. The monoisotopic (exact) mass is 423 g/mol. The van der Waals surface area contributed by atoms with Gasteiger partial charge >= 0.3 is 0 Å². The number of rotatable bonds is 6. The molecule has 0 bridgehead atoms. The van der Waals surface area contributed by atoms with Crippen LogP contribution in [0.15, 0.2) is 0 Å². The van der Waals surface area contributed by atoms with Crippen LogP contribution in [0, 0.1) is 27.7 Å². The van der Waals surface area contributed by atoms with E-state index >= 15 is 0 Å². The van der Waals surface area contributed by atoms with Gasteiger partial charge in [0.15, 0.2) is 16.4 Å². The van der Waals surface area contributed by atoms with Crippen molar-refractivity contribution in [3.05, 3.63) is 28.3 Å². The zero-order chi connectivity index (χ0) is 21.5. The molecule has 29 heavy (non-hydrogen) atoms. The molecule has 1 fully saturated rings. The smallest absolute Gasteiger partial charge is 0.279 e. The van der Waals surface area contributed by atoms with E-state index in [1.807, 2.05) is 46.5 Å². The molecule has 0 spiro atoms. The average Bonchev–Trinajstić information content (AvgIpc) is 3.19. The number of carbonyl (C=O) groups excluding carboxylic acids is 1. The minimum atomic E-state index is -2.96. The van der Waals surface area contributed by atoms with Gasteiger partial charge < -0.3 is 10.2 Å². The minimum Gasteiger partial charge on any atom is -0.326 e. The van der Waals surface area contributed by atoms with Crippen LogP contribution < -0.4 is 10.2 Å². The second kappa shape index (κ2) is 7.91. The van der Waals surface area contributed by atoms with Gasteiger partial charge in [0.2, 0.25) is 0 Å². The number of nitrogens with zero attached hydrogens (tertiary/aromatic N) is 4. The Morgan fingerprint density at radius 3 is 2.41 bits per heavy atom. The highest BCUT2D eigenvalue weighted by Crippen LogP contribution is 2.26. The number of sulfone groups is 1. The van der Waals surface area contributed by atoms with Crippen LogP contribution in [0.4, 0.5) is 5.69 Å². The highest BCUT2D eigenvalue weighted by molar-refractivity contribution is 7.91. The number of amides is 1. The summed E-state index contributed by atoms with van der Waals surface area (Å²) in [6, 6.07) is -0.0902. The van der Waals surface area contributed by atoms with Crippen LogP contribution >= 0.6 is 0 Å². The Morgan fingerprint density at radius 1 is 1.17 bits per heavy atom. The summed E-state index contributed by atoms with van der Waals surface area (Å²) in [6.45, 7) is 8.69. The topological polar surface area (TPSA) is 103 Å². The molecule has 160 valence electrons. The molecule has 1 aliphatic heterocycles. The predicted octanol–water partition coefficient (Wildman–Crippen LogP) is -0.137. The fourth-order valence-corrected chi connectivity index (χ4v) is 5.75. The molecular weight excluding hydrogens is 392 g/mol. The lowest BCUT2D eigenvalue weighted by atomic mass is 10.1. The molecule has 2 aromatic rings. The van der Waals surface area contributed by atoms with E-state index in [1.165, 1.54) is 0 Å². The van der Waals surface area contributed by atoms with Gasteiger partial charge in [-0.25, -0.2) is 8.42 Å². The van der Waals surface area contributed by atoms with Crippen LogP contribution in [-0.2, 0) is 28.2 Å². The molecule has 3 heterocycles. The number of carbonyl (C=O) groups is 1. The number of nitrogens with one attached hydrogen (secondary N) is 2. The summed E-state index contributed by atoms with van der Waals surface area (Å²) in [5.74, 6) is 0.318. The Morgan fingerprint density at radius 2 is 1.86 bits per heavy atom. The zero-order valence-electron chi connectivity index (χ0n) is 18.0. The number of anilines is 1. The third kappa shape index (κ3) is 4.53. The number of aryl methyl sites for hydroxylation is 3. The number of hydrogen-bond donors (Lipinski definition) is 2. The summed E-state index contributed by atoms with van der Waals surface area (Å²) < 4.78 is 27.3. The predicted molar refractivity (Wildman–Crippen MR) is 111 cm³/mol. The van der Waals surface area contributed by atoms with E-state index in [2.05, 4.69) is 15.5 Å². The van der Waals surface area contributed by atoms with Crippen LogP contribution in [0.2, 0.25) is 0 Å². The maximum absolute atomic E-state index is 12.5. The molecule has 2 aromatic heterocycles. The molecule has 0 aliphatic carbocycles. The second-order valence-corrected chi connectivity index (χ2v) is 10.4. The van der Waals surface area contributed by atoms with E-state index in [4.69, 9.17) is 0 Å². The van der Waals surface area contributed by atoms with E-state index in [1.54, 1.807) is 4.68 Å². The van der Waals surface area contributed by atoms with Crippen LogP contribution in [-0.4, -0.2) is 59.0 Å². The summed E-state index contributed by atoms with van der Waals surface area (Å²) in [5, 5.41) is 11.9. The summed E-state index contributed by atoms with van der Waals surface area (Å²) >= 11 is 0. The van der Waals surface area contributed by atoms with Crippen LogP contribution in [0.3, 0.4) is 0 Å². The number of quaternary nitrogens is 1. The average molecular weight is 424 g/mol. The maximum Gasteiger partial charge on any atom is 0.279 e. The first-order chi connectivity index (χ1) is 13.5. The van der Waals surface area contributed by atoms with E-state index in [9.17, 15) is 13.2 Å². The summed E-state index contributed by atoms with van der Waals surface area (Å²) in [4.78, 5) is 13.6. The molecule has 9 nitrogen and oxygen atoms in total. The van der Waals surface area contributed by atoms with Gasteiger partial charge in [-0.05, 0) is 34.1 Å². The Bertz CT molecular complexity index is 1040. The molecule has 3 rings (SSSR count). The van der Waals surface area contributed by atoms with Crippen molar-refractivity contribution < 1.29 is 18.1 Å². The van der Waals surface area contributed by atoms with Gasteiger partial charge in [0.05, 0.1) is 52.9 Å². The van der Waals surface area contributed by atoms with Gasteiger partial charge in [0, 0.05) is 12.7 Å². The minimum absolute atomic E-state index is 0.0636. The Kier molecular flexibility index (Phi) is 5.86. The van der Waals surface area contributed by atoms with Gasteiger partial charge in [-0.1, -0.05) is 0 Å². The summed E-state index contributed by atoms with van der Waals surface area (Å²) in [7, 11) is 0.862. The van der Waals surface area contributed by atoms with Gasteiger partial charge in [0.25, 0.3) is 5.91 Å². The van der Waals surface area contributed by atoms with Crippen LogP contribution in [0.1, 0.15) is 40.8 Å². The molecule has 0 aromatic carbocycles. The fourth-order valence-electron chi connectivity index (χ4n) is 4.05. The third-order valence-corrected chi connectivity index (χ3v) is 7.49. The van der Waals surface area contributed by atoms with Gasteiger partial charge in [-0.15, -0.1) is 0 Å².